The maximum Gasteiger partial charge on any atom is 0.312 e. The van der Waals surface area contributed by atoms with Crippen molar-refractivity contribution in [2.75, 3.05) is 130 Å². The standard InChI is InChI=1S/C48H69F4N7O8/c1-8-9-10-38-55-43-34-27-33(11-12-37(34)54-46(53-6)44(43)56-38)58-16-14-57(15-17-58)18-21-64-22-19-59(39(60)13-20-63-25-26-65-24-23-62-7)30-48(4,5)32-66-31-47(2,3)29-40(61)67-45-41(51)35(49)28-36(50)42(45)52/h11-12,27-28H,8-10,13-26,29-32H2,1-7H3,(H,53,54)(H,55,56). The Labute approximate surface area is 391 Å². The highest BCUT2D eigenvalue weighted by molar-refractivity contribution is 6.07. The van der Waals surface area contributed by atoms with Crippen LogP contribution in [0.5, 0.6) is 5.75 Å². The summed E-state index contributed by atoms with van der Waals surface area (Å²) in [7, 11) is 3.48. The summed E-state index contributed by atoms with van der Waals surface area (Å²) in [6.07, 6.45) is 2.85. The van der Waals surface area contributed by atoms with Crippen LogP contribution in [0.15, 0.2) is 24.3 Å². The van der Waals surface area contributed by atoms with Gasteiger partial charge in [-0.3, -0.25) is 14.5 Å². The maximum atomic E-state index is 14.1. The first-order chi connectivity index (χ1) is 32.0. The Hall–Kier alpha value is -4.66. The van der Waals surface area contributed by atoms with E-state index in [1.54, 1.807) is 25.9 Å². The molecule has 0 aliphatic carbocycles. The van der Waals surface area contributed by atoms with E-state index in [9.17, 15) is 27.2 Å². The first-order valence-corrected chi connectivity index (χ1v) is 23.1. The zero-order chi connectivity index (χ0) is 48.6. The number of anilines is 2. The summed E-state index contributed by atoms with van der Waals surface area (Å²) >= 11 is 0. The van der Waals surface area contributed by atoms with Gasteiger partial charge < -0.3 is 48.5 Å². The van der Waals surface area contributed by atoms with Crippen molar-refractivity contribution < 1.29 is 55.6 Å². The van der Waals surface area contributed by atoms with Crippen LogP contribution in [0.25, 0.3) is 21.9 Å². The number of hydrogen-bond donors (Lipinski definition) is 2. The van der Waals surface area contributed by atoms with Crippen molar-refractivity contribution in [3.63, 3.8) is 0 Å². The first-order valence-electron chi connectivity index (χ1n) is 23.1. The number of fused-ring (bicyclic) bond motifs is 3. The number of aryl methyl sites for hydroxylation is 1. The second-order valence-corrected chi connectivity index (χ2v) is 18.4. The van der Waals surface area contributed by atoms with Gasteiger partial charge in [-0.1, -0.05) is 41.0 Å². The second-order valence-electron chi connectivity index (χ2n) is 18.4. The number of piperazine rings is 1. The van der Waals surface area contributed by atoms with Crippen molar-refractivity contribution in [1.29, 1.82) is 0 Å². The molecule has 1 saturated heterocycles. The molecular formula is C48H69F4N7O8. The molecule has 19 heteroatoms. The van der Waals surface area contributed by atoms with Gasteiger partial charge in [-0.15, -0.1) is 0 Å². The number of H-pyrrole nitrogens is 1. The predicted molar refractivity (Wildman–Crippen MR) is 249 cm³/mol. The number of aromatic nitrogens is 3. The topological polar surface area (TPSA) is 153 Å². The van der Waals surface area contributed by atoms with E-state index in [0.717, 1.165) is 91.3 Å². The summed E-state index contributed by atoms with van der Waals surface area (Å²) in [4.78, 5) is 46.0. The number of nitrogens with zero attached hydrogens (tertiary/aromatic N) is 5. The number of ether oxygens (including phenoxy) is 6. The number of imidazole rings is 1. The lowest BCUT2D eigenvalue weighted by Gasteiger charge is -2.36. The van der Waals surface area contributed by atoms with Crippen LogP contribution in [-0.4, -0.2) is 156 Å². The number of esters is 1. The fourth-order valence-corrected chi connectivity index (χ4v) is 7.79. The molecule has 4 aromatic rings. The molecule has 0 bridgehead atoms. The summed E-state index contributed by atoms with van der Waals surface area (Å²) in [5.74, 6) is -7.82. The van der Waals surface area contributed by atoms with Crippen LogP contribution < -0.4 is 15.0 Å². The molecule has 0 saturated carbocycles. The minimum absolute atomic E-state index is 0.0333. The normalized spacial score (nSPS) is 13.8. The Morgan fingerprint density at radius 3 is 2.19 bits per heavy atom. The number of pyridine rings is 1. The molecule has 15 nitrogen and oxygen atoms in total. The Morgan fingerprint density at radius 1 is 0.836 bits per heavy atom. The molecule has 0 unspecified atom stereocenters. The number of methoxy groups -OCH3 is 1. The fourth-order valence-electron chi connectivity index (χ4n) is 7.79. The van der Waals surface area contributed by atoms with E-state index in [0.29, 0.717) is 52.7 Å². The summed E-state index contributed by atoms with van der Waals surface area (Å²) in [5, 5.41) is 4.25. The second kappa shape index (κ2) is 25.6. The number of carbonyl (C=O) groups is 2. The third kappa shape index (κ3) is 16.0. The molecule has 1 aliphatic heterocycles. The lowest BCUT2D eigenvalue weighted by atomic mass is 9.90. The Bertz CT molecular complexity index is 2190. The molecular weight excluding hydrogens is 879 g/mol. The average Bonchev–Trinajstić information content (AvgIpc) is 3.73. The summed E-state index contributed by atoms with van der Waals surface area (Å²) in [6.45, 7) is 17.2. The van der Waals surface area contributed by atoms with Crippen molar-refractivity contribution in [1.82, 2.24) is 24.8 Å². The summed E-state index contributed by atoms with van der Waals surface area (Å²) in [5.41, 5.74) is 2.47. The van der Waals surface area contributed by atoms with Crippen LogP contribution >= 0.6 is 0 Å². The van der Waals surface area contributed by atoms with Crippen LogP contribution in [0.4, 0.5) is 29.1 Å². The van der Waals surface area contributed by atoms with Crippen molar-refractivity contribution in [3.8, 4) is 5.75 Å². The third-order valence-corrected chi connectivity index (χ3v) is 11.4. The Morgan fingerprint density at radius 2 is 1.51 bits per heavy atom. The molecule has 0 spiro atoms. The quantitative estimate of drug-likeness (QED) is 0.0187. The van der Waals surface area contributed by atoms with Crippen LogP contribution in [0, 0.1) is 34.1 Å². The van der Waals surface area contributed by atoms with Gasteiger partial charge in [0, 0.05) is 88.9 Å². The van der Waals surface area contributed by atoms with E-state index in [1.807, 2.05) is 20.9 Å². The van der Waals surface area contributed by atoms with Gasteiger partial charge in [-0.2, -0.15) is 8.78 Å². The van der Waals surface area contributed by atoms with Gasteiger partial charge in [0.2, 0.25) is 23.3 Å². The highest BCUT2D eigenvalue weighted by Crippen LogP contribution is 2.32. The molecule has 3 heterocycles. The largest absolute Gasteiger partial charge is 0.420 e. The van der Waals surface area contributed by atoms with Gasteiger partial charge in [0.05, 0.1) is 77.8 Å². The molecule has 2 aromatic heterocycles. The number of benzene rings is 2. The van der Waals surface area contributed by atoms with Crippen molar-refractivity contribution in [2.45, 2.75) is 66.7 Å². The van der Waals surface area contributed by atoms with E-state index in [2.05, 4.69) is 45.2 Å². The van der Waals surface area contributed by atoms with Crippen LogP contribution in [0.3, 0.4) is 0 Å². The molecule has 0 radical (unpaired) electrons. The lowest BCUT2D eigenvalue weighted by molar-refractivity contribution is -0.139. The molecule has 1 fully saturated rings. The van der Waals surface area contributed by atoms with Gasteiger partial charge in [-0.25, -0.2) is 18.7 Å². The number of amides is 1. The molecule has 2 N–H and O–H groups in total. The van der Waals surface area contributed by atoms with E-state index in [4.69, 9.17) is 38.4 Å². The van der Waals surface area contributed by atoms with Gasteiger partial charge in [0.15, 0.2) is 17.5 Å². The minimum Gasteiger partial charge on any atom is -0.420 e. The molecule has 0 atom stereocenters. The number of aromatic amines is 1. The zero-order valence-electron chi connectivity index (χ0n) is 40.2. The number of hydrogen-bond acceptors (Lipinski definition) is 13. The van der Waals surface area contributed by atoms with Crippen LogP contribution in [0.2, 0.25) is 0 Å². The highest BCUT2D eigenvalue weighted by Gasteiger charge is 2.30. The molecule has 1 aliphatic rings. The van der Waals surface area contributed by atoms with Gasteiger partial charge in [-0.05, 0) is 30.0 Å². The van der Waals surface area contributed by atoms with Gasteiger partial charge in [0.1, 0.15) is 16.9 Å². The van der Waals surface area contributed by atoms with Gasteiger partial charge >= 0.3 is 5.97 Å². The third-order valence-electron chi connectivity index (χ3n) is 11.4. The monoisotopic (exact) mass is 948 g/mol. The van der Waals surface area contributed by atoms with E-state index >= 15 is 0 Å². The predicted octanol–water partition coefficient (Wildman–Crippen LogP) is 7.15. The SMILES string of the molecule is CCCCc1nc2c([nH]1)c(NC)nc1ccc(N3CCN(CCOCCN(CC(C)(C)COCC(C)(C)CC(=O)Oc4c(F)c(F)cc(F)c4F)C(=O)CCOCCOCCOC)CC3)cc12. The molecule has 67 heavy (non-hydrogen) atoms. The molecule has 372 valence electrons. The number of nitrogens with one attached hydrogen (secondary N) is 2. The van der Waals surface area contributed by atoms with E-state index in [-0.39, 0.29) is 44.6 Å². The molecule has 5 rings (SSSR count). The molecule has 2 aromatic carbocycles. The maximum absolute atomic E-state index is 14.1. The molecule has 1 amide bonds. The number of carbonyl (C=O) groups excluding carboxylic acids is 2. The number of halogens is 4. The fraction of sp³-hybridized carbons (Fsp3) is 0.625. The highest BCUT2D eigenvalue weighted by atomic mass is 19.2. The van der Waals surface area contributed by atoms with Crippen LogP contribution in [-0.2, 0) is 39.7 Å². The smallest absolute Gasteiger partial charge is 0.312 e. The number of unbranched alkanes of at least 4 members (excludes halogenated alkanes) is 1. The summed E-state index contributed by atoms with van der Waals surface area (Å²) in [6, 6.07) is 6.45. The summed E-state index contributed by atoms with van der Waals surface area (Å²) < 4.78 is 88.4. The average molecular weight is 948 g/mol. The number of rotatable bonds is 29. The first kappa shape index (κ1) is 53.3. The van der Waals surface area contributed by atoms with Crippen molar-refractivity contribution in [3.05, 3.63) is 53.4 Å². The van der Waals surface area contributed by atoms with Crippen molar-refractivity contribution >= 4 is 45.3 Å². The van der Waals surface area contributed by atoms with Crippen molar-refractivity contribution in [2.24, 2.45) is 10.8 Å². The van der Waals surface area contributed by atoms with E-state index < -0.39 is 45.8 Å². The Kier molecular flexibility index (Phi) is 20.4. The van der Waals surface area contributed by atoms with Crippen LogP contribution in [0.1, 0.15) is 66.1 Å². The Balaban J connectivity index is 1.09. The van der Waals surface area contributed by atoms with Gasteiger partial charge in [0.25, 0.3) is 0 Å². The zero-order valence-corrected chi connectivity index (χ0v) is 40.2. The lowest BCUT2D eigenvalue weighted by Crippen LogP contribution is -2.47. The minimum atomic E-state index is -1.80. The van der Waals surface area contributed by atoms with E-state index in [1.165, 1.54) is 0 Å².